The van der Waals surface area contributed by atoms with Crippen LogP contribution >= 0.6 is 0 Å². The second-order valence-electron chi connectivity index (χ2n) is 15.9. The summed E-state index contributed by atoms with van der Waals surface area (Å²) in [7, 11) is 1.59. The van der Waals surface area contributed by atoms with Gasteiger partial charge in [-0.1, -0.05) is 0 Å². The van der Waals surface area contributed by atoms with E-state index in [2.05, 4.69) is 14.2 Å². The summed E-state index contributed by atoms with van der Waals surface area (Å²) in [6.07, 6.45) is -21.3. The van der Waals surface area contributed by atoms with Gasteiger partial charge in [-0.05, 0) is 17.7 Å². The maximum absolute atomic E-state index is 14.2. The predicted octanol–water partition coefficient (Wildman–Crippen LogP) is 8.67. The van der Waals surface area contributed by atoms with Crippen LogP contribution in [0.15, 0.2) is 12.1 Å². The van der Waals surface area contributed by atoms with E-state index in [1.54, 1.807) is 7.11 Å². The number of rotatable bonds is 50. The molecule has 1 aromatic rings. The first-order valence-electron chi connectivity index (χ1n) is 23.6. The molecular formula is C44H61F21O16. The van der Waals surface area contributed by atoms with Crippen LogP contribution in [0.1, 0.15) is 5.56 Å². The van der Waals surface area contributed by atoms with E-state index in [4.69, 9.17) is 61.6 Å². The van der Waals surface area contributed by atoms with Crippen molar-refractivity contribution in [1.29, 1.82) is 0 Å². The summed E-state index contributed by atoms with van der Waals surface area (Å²) in [5.41, 5.74) is -0.884. The second kappa shape index (κ2) is 37.1. The van der Waals surface area contributed by atoms with Crippen molar-refractivity contribution in [3.8, 4) is 17.2 Å². The van der Waals surface area contributed by atoms with Crippen molar-refractivity contribution in [2.45, 2.75) is 60.7 Å². The summed E-state index contributed by atoms with van der Waals surface area (Å²) in [6, 6.07) is 0.0950. The van der Waals surface area contributed by atoms with Crippen molar-refractivity contribution in [2.24, 2.45) is 0 Å². The first-order chi connectivity index (χ1) is 37.7. The van der Waals surface area contributed by atoms with Gasteiger partial charge in [-0.25, -0.2) is 0 Å². The first-order valence-corrected chi connectivity index (χ1v) is 23.6. The largest absolute Gasteiger partial charge is 0.483 e. The van der Waals surface area contributed by atoms with Crippen molar-refractivity contribution in [3.63, 3.8) is 0 Å². The van der Waals surface area contributed by atoms with Crippen LogP contribution < -0.4 is 14.2 Å². The molecule has 0 N–H and O–H groups in total. The minimum Gasteiger partial charge on any atom is -0.483 e. The third-order valence-corrected chi connectivity index (χ3v) is 9.54. The SMILES string of the molecule is COCCOCCOCCOCCOCCOCCOCCOCCOCCOCCOCCOCCOCc1cc(OCC(F)(F)C(F)(F)C(F)(F)F)c(OCC(F)(F)C(F)(F)C(F)(F)F)c(OCC(F)(F)C(F)(F)C(F)(F)F)c1. The number of hydrogen-bond acceptors (Lipinski definition) is 16. The first kappa shape index (κ1) is 75.6. The Hall–Kier alpha value is -3.37. The van der Waals surface area contributed by atoms with Crippen LogP contribution in [0, 0.1) is 0 Å². The number of methoxy groups -OCH3 is 1. The topological polar surface area (TPSA) is 148 Å². The van der Waals surface area contributed by atoms with Crippen LogP contribution in [0.2, 0.25) is 0 Å². The smallest absolute Gasteiger partial charge is 0.460 e. The highest BCUT2D eigenvalue weighted by Gasteiger charge is 2.75. The monoisotopic (exact) mass is 1240 g/mol. The minimum atomic E-state index is -7.12. The fourth-order valence-corrected chi connectivity index (χ4v) is 5.22. The Morgan fingerprint density at radius 1 is 0.272 bits per heavy atom. The van der Waals surface area contributed by atoms with Crippen LogP contribution in [0.4, 0.5) is 92.2 Å². The van der Waals surface area contributed by atoms with Crippen LogP contribution in [-0.2, 0) is 68.2 Å². The molecule has 16 nitrogen and oxygen atoms in total. The van der Waals surface area contributed by atoms with E-state index in [-0.39, 0.29) is 65.0 Å². The van der Waals surface area contributed by atoms with Crippen molar-refractivity contribution in [1.82, 2.24) is 0 Å². The predicted molar refractivity (Wildman–Crippen MR) is 231 cm³/mol. The highest BCUT2D eigenvalue weighted by atomic mass is 19.4. The average molecular weight is 1240 g/mol. The Morgan fingerprint density at radius 3 is 0.679 bits per heavy atom. The summed E-state index contributed by atoms with van der Waals surface area (Å²) in [4.78, 5) is 0. The summed E-state index contributed by atoms with van der Waals surface area (Å²) < 4.78 is 362. The molecule has 0 saturated heterocycles. The molecule has 0 saturated carbocycles. The molecule has 0 aliphatic rings. The fraction of sp³-hybridized carbons (Fsp3) is 0.864. The third-order valence-electron chi connectivity index (χ3n) is 9.54. The van der Waals surface area contributed by atoms with Gasteiger partial charge in [-0.15, -0.1) is 0 Å². The van der Waals surface area contributed by atoms with Crippen molar-refractivity contribution < 1.29 is 168 Å². The maximum Gasteiger partial charge on any atom is 0.460 e. The molecule has 0 bridgehead atoms. The number of hydrogen-bond donors (Lipinski definition) is 0. The normalized spacial score (nSPS) is 13.6. The molecule has 0 aromatic heterocycles. The van der Waals surface area contributed by atoms with Crippen LogP contribution in [-0.4, -0.2) is 240 Å². The van der Waals surface area contributed by atoms with Gasteiger partial charge in [0.25, 0.3) is 0 Å². The molecule has 0 heterocycles. The van der Waals surface area contributed by atoms with Crippen LogP contribution in [0.5, 0.6) is 17.2 Å². The molecule has 1 rings (SSSR count). The third kappa shape index (κ3) is 27.9. The summed E-state index contributed by atoms with van der Waals surface area (Å²) in [6.45, 7) is -5.24. The van der Waals surface area contributed by atoms with Gasteiger partial charge in [0.2, 0.25) is 5.75 Å². The molecule has 81 heavy (non-hydrogen) atoms. The maximum atomic E-state index is 14.2. The molecule has 0 aliphatic heterocycles. The Bertz CT molecular complexity index is 1740. The molecule has 37 heteroatoms. The zero-order chi connectivity index (χ0) is 61.3. The van der Waals surface area contributed by atoms with Gasteiger partial charge in [0.15, 0.2) is 31.3 Å². The lowest BCUT2D eigenvalue weighted by Crippen LogP contribution is -2.55. The molecule has 0 radical (unpaired) electrons. The molecule has 0 atom stereocenters. The molecule has 0 aliphatic carbocycles. The average Bonchev–Trinajstić information content (AvgIpc) is 3.47. The van der Waals surface area contributed by atoms with E-state index in [1.165, 1.54) is 0 Å². The number of benzene rings is 1. The van der Waals surface area contributed by atoms with E-state index < -0.39 is 117 Å². The van der Waals surface area contributed by atoms with E-state index in [1.807, 2.05) is 0 Å². The molecule has 480 valence electrons. The molecular weight excluding hydrogens is 1180 g/mol. The fourth-order valence-electron chi connectivity index (χ4n) is 5.22. The lowest BCUT2D eigenvalue weighted by molar-refractivity contribution is -0.359. The molecule has 0 spiro atoms. The van der Waals surface area contributed by atoms with Gasteiger partial charge >= 0.3 is 54.1 Å². The quantitative estimate of drug-likeness (QED) is 0.0452. The second-order valence-corrected chi connectivity index (χ2v) is 15.9. The summed E-state index contributed by atoms with van der Waals surface area (Å²) >= 11 is 0. The zero-order valence-electron chi connectivity index (χ0n) is 42.9. The minimum absolute atomic E-state index is 0.0475. The highest BCUT2D eigenvalue weighted by Crippen LogP contribution is 2.51. The molecule has 0 fully saturated rings. The molecule has 1 aromatic carbocycles. The highest BCUT2D eigenvalue weighted by molar-refractivity contribution is 5.54. The lowest BCUT2D eigenvalue weighted by atomic mass is 10.1. The van der Waals surface area contributed by atoms with Gasteiger partial charge in [0, 0.05) is 7.11 Å². The van der Waals surface area contributed by atoms with E-state index in [9.17, 15) is 92.2 Å². The van der Waals surface area contributed by atoms with Crippen molar-refractivity contribution in [2.75, 3.05) is 185 Å². The van der Waals surface area contributed by atoms with Crippen molar-refractivity contribution in [3.05, 3.63) is 17.7 Å². The van der Waals surface area contributed by atoms with E-state index >= 15 is 0 Å². The van der Waals surface area contributed by atoms with Crippen molar-refractivity contribution >= 4 is 0 Å². The zero-order valence-corrected chi connectivity index (χ0v) is 42.9. The Balaban J connectivity index is 2.53. The summed E-state index contributed by atoms with van der Waals surface area (Å²) in [5, 5.41) is 0. The van der Waals surface area contributed by atoms with Crippen LogP contribution in [0.3, 0.4) is 0 Å². The van der Waals surface area contributed by atoms with Crippen LogP contribution in [0.25, 0.3) is 0 Å². The van der Waals surface area contributed by atoms with Gasteiger partial charge < -0.3 is 75.8 Å². The summed E-state index contributed by atoms with van der Waals surface area (Å²) in [5.74, 6) is -46.7. The van der Waals surface area contributed by atoms with Gasteiger partial charge in [-0.3, -0.25) is 0 Å². The lowest BCUT2D eigenvalue weighted by Gasteiger charge is -2.30. The standard InChI is InChI=1S/C44H61F21O16/c1-66-2-3-67-4-5-68-6-7-69-8-9-70-10-11-71-12-13-72-14-15-73-16-17-74-18-19-75-20-21-76-22-23-77-24-25-78-28-32-26-33(79-29-36(45,46)39(51,52)42(57,58)59)35(81-31-38(49,50)41(55,56)44(63,64)65)34(27-32)80-30-37(47,48)40(53,54)43(60,61)62/h26-27H,2-25,28-31H2,1H3. The Morgan fingerprint density at radius 2 is 0.469 bits per heavy atom. The molecule has 0 amide bonds. The van der Waals surface area contributed by atoms with E-state index in [0.29, 0.717) is 92.5 Å². The van der Waals surface area contributed by atoms with Gasteiger partial charge in [0.05, 0.1) is 165 Å². The van der Waals surface area contributed by atoms with Gasteiger partial charge in [-0.2, -0.15) is 92.2 Å². The van der Waals surface area contributed by atoms with E-state index in [0.717, 1.165) is 0 Å². The van der Waals surface area contributed by atoms with Gasteiger partial charge in [0.1, 0.15) is 0 Å². The Kier molecular flexibility index (Phi) is 34.7. The Labute approximate surface area is 449 Å². The number of halogens is 21. The number of ether oxygens (including phenoxy) is 16. The molecule has 0 unspecified atom stereocenters. The number of alkyl halides is 21.